The number of ether oxygens (including phenoxy) is 1. The number of hydrogen-bond donors (Lipinski definition) is 2. The minimum absolute atomic E-state index is 0.0451. The summed E-state index contributed by atoms with van der Waals surface area (Å²) in [6.07, 6.45) is 5.91. The van der Waals surface area contributed by atoms with Crippen molar-refractivity contribution in [3.8, 4) is 5.75 Å². The molecule has 0 aliphatic heterocycles. The van der Waals surface area contributed by atoms with Gasteiger partial charge in [0, 0.05) is 31.6 Å². The molecule has 1 aliphatic rings. The number of amides is 3. The molecule has 9 heteroatoms. The van der Waals surface area contributed by atoms with E-state index in [1.807, 2.05) is 12.1 Å². The van der Waals surface area contributed by atoms with Gasteiger partial charge in [0.1, 0.15) is 23.4 Å². The van der Waals surface area contributed by atoms with Crippen LogP contribution in [-0.2, 0) is 20.9 Å². The lowest BCUT2D eigenvalue weighted by Gasteiger charge is -2.32. The number of rotatable bonds is 12. The van der Waals surface area contributed by atoms with Gasteiger partial charge in [0.2, 0.25) is 17.7 Å². The smallest absolute Gasteiger partial charge is 0.247 e. The SMILES string of the molecule is COc1ccc(CN(C(=O)CCCC(=O)Nc2ccccn2)C(C(=O)NC2CCCC2)c2ccc(F)cc2)cc1. The van der Waals surface area contributed by atoms with Gasteiger partial charge in [-0.25, -0.2) is 9.37 Å². The lowest BCUT2D eigenvalue weighted by Crippen LogP contribution is -2.45. The van der Waals surface area contributed by atoms with Crippen LogP contribution < -0.4 is 15.4 Å². The maximum absolute atomic E-state index is 13.8. The minimum Gasteiger partial charge on any atom is -0.497 e. The van der Waals surface area contributed by atoms with Crippen LogP contribution >= 0.6 is 0 Å². The van der Waals surface area contributed by atoms with Gasteiger partial charge in [-0.2, -0.15) is 0 Å². The lowest BCUT2D eigenvalue weighted by atomic mass is 10.0. The number of methoxy groups -OCH3 is 1. The van der Waals surface area contributed by atoms with Crippen LogP contribution in [0, 0.1) is 5.82 Å². The number of aromatic nitrogens is 1. The molecule has 0 radical (unpaired) electrons. The number of pyridine rings is 1. The molecule has 1 fully saturated rings. The molecule has 1 atom stereocenters. The summed E-state index contributed by atoms with van der Waals surface area (Å²) in [5.41, 5.74) is 1.33. The molecular weight excluding hydrogens is 511 g/mol. The third kappa shape index (κ3) is 8.11. The highest BCUT2D eigenvalue weighted by Gasteiger charge is 2.33. The van der Waals surface area contributed by atoms with E-state index < -0.39 is 11.9 Å². The standard InChI is InChI=1S/C31H35FN4O4/c1-40-26-18-12-22(13-19-26)21-36(29(38)11-6-10-28(37)35-27-9-4-5-20-33-27)30(23-14-16-24(32)17-15-23)31(39)34-25-7-2-3-8-25/h4-5,9,12-20,25,30H,2-3,6-8,10-11,21H2,1H3,(H,34,39)(H,33,35,37). The first kappa shape index (κ1) is 28.7. The molecule has 40 heavy (non-hydrogen) atoms. The van der Waals surface area contributed by atoms with Gasteiger partial charge in [-0.3, -0.25) is 14.4 Å². The van der Waals surface area contributed by atoms with Gasteiger partial charge in [0.15, 0.2) is 0 Å². The Kier molecular flexibility index (Phi) is 10.2. The van der Waals surface area contributed by atoms with Gasteiger partial charge in [0.05, 0.1) is 7.11 Å². The first-order valence-electron chi connectivity index (χ1n) is 13.6. The summed E-state index contributed by atoms with van der Waals surface area (Å²) < 4.78 is 19.1. The van der Waals surface area contributed by atoms with Gasteiger partial charge in [-0.15, -0.1) is 0 Å². The average Bonchev–Trinajstić information content (AvgIpc) is 3.47. The number of hydrogen-bond acceptors (Lipinski definition) is 5. The maximum Gasteiger partial charge on any atom is 0.247 e. The zero-order chi connectivity index (χ0) is 28.3. The summed E-state index contributed by atoms with van der Waals surface area (Å²) in [6, 6.07) is 17.3. The van der Waals surface area contributed by atoms with Crippen molar-refractivity contribution in [2.45, 2.75) is 63.6 Å². The van der Waals surface area contributed by atoms with E-state index >= 15 is 0 Å². The second-order valence-electron chi connectivity index (χ2n) is 9.93. The lowest BCUT2D eigenvalue weighted by molar-refractivity contribution is -0.142. The van der Waals surface area contributed by atoms with E-state index in [-0.39, 0.29) is 49.6 Å². The van der Waals surface area contributed by atoms with Crippen LogP contribution in [-0.4, -0.2) is 40.8 Å². The Morgan fingerprint density at radius 2 is 1.73 bits per heavy atom. The first-order valence-corrected chi connectivity index (χ1v) is 13.6. The monoisotopic (exact) mass is 546 g/mol. The zero-order valence-electron chi connectivity index (χ0n) is 22.6. The van der Waals surface area contributed by atoms with Gasteiger partial charge in [-0.1, -0.05) is 43.2 Å². The Balaban J connectivity index is 1.54. The number of anilines is 1. The van der Waals surface area contributed by atoms with Crippen LogP contribution in [0.25, 0.3) is 0 Å². The third-order valence-corrected chi connectivity index (χ3v) is 7.01. The highest BCUT2D eigenvalue weighted by molar-refractivity contribution is 5.91. The average molecular weight is 547 g/mol. The van der Waals surface area contributed by atoms with Crippen LogP contribution in [0.2, 0.25) is 0 Å². The second-order valence-corrected chi connectivity index (χ2v) is 9.93. The highest BCUT2D eigenvalue weighted by Crippen LogP contribution is 2.28. The molecule has 1 aliphatic carbocycles. The van der Waals surface area contributed by atoms with Crippen LogP contribution in [0.1, 0.15) is 62.1 Å². The van der Waals surface area contributed by atoms with E-state index in [0.29, 0.717) is 17.1 Å². The molecule has 210 valence electrons. The van der Waals surface area contributed by atoms with E-state index in [2.05, 4.69) is 15.6 Å². The van der Waals surface area contributed by atoms with Crippen molar-refractivity contribution in [2.75, 3.05) is 12.4 Å². The molecule has 0 saturated heterocycles. The predicted molar refractivity (Wildman–Crippen MR) is 150 cm³/mol. The van der Waals surface area contributed by atoms with Gasteiger partial charge in [-0.05, 0) is 66.8 Å². The fourth-order valence-corrected chi connectivity index (χ4v) is 4.91. The predicted octanol–water partition coefficient (Wildman–Crippen LogP) is 5.17. The number of carbonyl (C=O) groups is 3. The van der Waals surface area contributed by atoms with E-state index in [4.69, 9.17) is 4.74 Å². The van der Waals surface area contributed by atoms with Crippen molar-refractivity contribution in [3.63, 3.8) is 0 Å². The highest BCUT2D eigenvalue weighted by atomic mass is 19.1. The number of carbonyl (C=O) groups excluding carboxylic acids is 3. The van der Waals surface area contributed by atoms with E-state index in [1.165, 1.54) is 17.0 Å². The van der Waals surface area contributed by atoms with E-state index in [1.54, 1.807) is 55.8 Å². The van der Waals surface area contributed by atoms with Gasteiger partial charge >= 0.3 is 0 Å². The number of halogens is 1. The molecule has 8 nitrogen and oxygen atoms in total. The van der Waals surface area contributed by atoms with Crippen molar-refractivity contribution in [3.05, 3.63) is 89.9 Å². The summed E-state index contributed by atoms with van der Waals surface area (Å²) in [4.78, 5) is 45.5. The number of nitrogens with one attached hydrogen (secondary N) is 2. The summed E-state index contributed by atoms with van der Waals surface area (Å²) in [7, 11) is 1.58. The Labute approximate surface area is 233 Å². The molecule has 1 saturated carbocycles. The number of benzene rings is 2. The molecule has 1 aromatic heterocycles. The van der Waals surface area contributed by atoms with Gasteiger partial charge in [0.25, 0.3) is 0 Å². The first-order chi connectivity index (χ1) is 19.4. The second kappa shape index (κ2) is 14.2. The van der Waals surface area contributed by atoms with E-state index in [0.717, 1.165) is 31.2 Å². The van der Waals surface area contributed by atoms with Crippen LogP contribution in [0.4, 0.5) is 10.2 Å². The van der Waals surface area contributed by atoms with Crippen molar-refractivity contribution in [1.82, 2.24) is 15.2 Å². The maximum atomic E-state index is 13.8. The minimum atomic E-state index is -0.960. The molecule has 4 rings (SSSR count). The molecule has 3 amide bonds. The Morgan fingerprint density at radius 1 is 1.00 bits per heavy atom. The Bertz CT molecular complexity index is 1260. The molecule has 3 aromatic rings. The van der Waals surface area contributed by atoms with Crippen molar-refractivity contribution < 1.29 is 23.5 Å². The topological polar surface area (TPSA) is 101 Å². The Morgan fingerprint density at radius 3 is 2.38 bits per heavy atom. The van der Waals surface area contributed by atoms with Crippen molar-refractivity contribution in [2.24, 2.45) is 0 Å². The van der Waals surface area contributed by atoms with Crippen LogP contribution in [0.5, 0.6) is 5.75 Å². The van der Waals surface area contributed by atoms with E-state index in [9.17, 15) is 18.8 Å². The summed E-state index contributed by atoms with van der Waals surface area (Å²) >= 11 is 0. The molecule has 1 heterocycles. The van der Waals surface area contributed by atoms with Crippen LogP contribution in [0.15, 0.2) is 72.9 Å². The fraction of sp³-hybridized carbons (Fsp3) is 0.355. The van der Waals surface area contributed by atoms with Crippen molar-refractivity contribution in [1.29, 1.82) is 0 Å². The van der Waals surface area contributed by atoms with Crippen molar-refractivity contribution >= 4 is 23.5 Å². The number of nitrogens with zero attached hydrogens (tertiary/aromatic N) is 2. The zero-order valence-corrected chi connectivity index (χ0v) is 22.6. The summed E-state index contributed by atoms with van der Waals surface area (Å²) in [6.45, 7) is 0.156. The summed E-state index contributed by atoms with van der Waals surface area (Å²) in [5.74, 6) is -0.131. The molecule has 0 spiro atoms. The molecule has 1 unspecified atom stereocenters. The third-order valence-electron chi connectivity index (χ3n) is 7.01. The van der Waals surface area contributed by atoms with Gasteiger partial charge < -0.3 is 20.3 Å². The fourth-order valence-electron chi connectivity index (χ4n) is 4.91. The Hall–Kier alpha value is -4.27. The summed E-state index contributed by atoms with van der Waals surface area (Å²) in [5, 5.41) is 5.84. The molecule has 0 bridgehead atoms. The molecular formula is C31H35FN4O4. The normalized spacial score (nSPS) is 13.8. The molecule has 2 aromatic carbocycles. The largest absolute Gasteiger partial charge is 0.497 e. The van der Waals surface area contributed by atoms with Crippen LogP contribution in [0.3, 0.4) is 0 Å². The quantitative estimate of drug-likeness (QED) is 0.327. The molecule has 2 N–H and O–H groups in total.